The second-order valence-corrected chi connectivity index (χ2v) is 4.35. The maximum absolute atomic E-state index is 12.6. The molecule has 0 spiro atoms. The number of alkyl halides is 3. The van der Waals surface area contributed by atoms with Crippen LogP contribution in [0.5, 0.6) is 0 Å². The molecule has 0 aromatic carbocycles. The predicted octanol–water partition coefficient (Wildman–Crippen LogP) is 1.58. The number of hydrogen-bond acceptors (Lipinski definition) is 3. The third-order valence-electron chi connectivity index (χ3n) is 2.98. The van der Waals surface area contributed by atoms with Crippen molar-refractivity contribution in [2.24, 2.45) is 0 Å². The zero-order valence-corrected chi connectivity index (χ0v) is 9.11. The van der Waals surface area contributed by atoms with Crippen molar-refractivity contribution in [2.75, 3.05) is 13.1 Å². The van der Waals surface area contributed by atoms with Gasteiger partial charge in [-0.25, -0.2) is 0 Å². The summed E-state index contributed by atoms with van der Waals surface area (Å²) >= 11 is 0. The number of hydrogen-bond donors (Lipinski definition) is 1. The Balaban J connectivity index is 1.99. The van der Waals surface area contributed by atoms with Gasteiger partial charge in [0.05, 0.1) is 0 Å². The Kier molecular flexibility index (Phi) is 3.09. The van der Waals surface area contributed by atoms with Crippen LogP contribution in [-0.2, 0) is 6.54 Å². The van der Waals surface area contributed by atoms with Gasteiger partial charge in [0.2, 0.25) is 0 Å². The number of likely N-dealkylation sites (tertiary alicyclic amines) is 1. The van der Waals surface area contributed by atoms with Crippen molar-refractivity contribution in [1.82, 2.24) is 9.88 Å². The number of aliphatic hydroxyl groups is 1. The average molecular weight is 246 g/mol. The van der Waals surface area contributed by atoms with Crippen molar-refractivity contribution in [3.63, 3.8) is 0 Å². The molecule has 2 heterocycles. The Bertz CT molecular complexity index is 382. The van der Waals surface area contributed by atoms with Crippen LogP contribution in [-0.4, -0.2) is 39.9 Å². The lowest BCUT2D eigenvalue weighted by Gasteiger charge is -2.26. The maximum Gasteiger partial charge on any atom is 0.418 e. The normalized spacial score (nSPS) is 26.4. The van der Waals surface area contributed by atoms with Gasteiger partial charge in [-0.3, -0.25) is 9.88 Å². The highest BCUT2D eigenvalue weighted by atomic mass is 19.4. The fourth-order valence-electron chi connectivity index (χ4n) is 1.99. The van der Waals surface area contributed by atoms with Crippen molar-refractivity contribution in [3.05, 3.63) is 30.1 Å². The molecule has 1 aromatic rings. The SMILES string of the molecule is O[C@@]1(C(F)(F)F)CCN(Cc2cccnc2)C1. The van der Waals surface area contributed by atoms with Crippen LogP contribution in [0.1, 0.15) is 12.0 Å². The minimum Gasteiger partial charge on any atom is -0.379 e. The first-order valence-corrected chi connectivity index (χ1v) is 5.31. The molecule has 0 amide bonds. The van der Waals surface area contributed by atoms with Gasteiger partial charge >= 0.3 is 6.18 Å². The molecule has 17 heavy (non-hydrogen) atoms. The summed E-state index contributed by atoms with van der Waals surface area (Å²) in [5.74, 6) is 0. The zero-order valence-electron chi connectivity index (χ0n) is 9.11. The fourth-order valence-corrected chi connectivity index (χ4v) is 1.99. The fraction of sp³-hybridized carbons (Fsp3) is 0.545. The molecule has 0 saturated carbocycles. The van der Waals surface area contributed by atoms with E-state index in [2.05, 4.69) is 4.98 Å². The first-order chi connectivity index (χ1) is 7.91. The molecular formula is C11H13F3N2O. The molecule has 1 N–H and O–H groups in total. The number of β-amino-alcohol motifs (C(OH)–C–C–N with tert-alkyl or cyclic N) is 1. The van der Waals surface area contributed by atoms with Crippen molar-refractivity contribution >= 4 is 0 Å². The van der Waals surface area contributed by atoms with Crippen molar-refractivity contribution in [3.8, 4) is 0 Å². The second-order valence-electron chi connectivity index (χ2n) is 4.35. The van der Waals surface area contributed by atoms with Gasteiger partial charge in [-0.2, -0.15) is 13.2 Å². The molecule has 1 atom stereocenters. The highest BCUT2D eigenvalue weighted by molar-refractivity contribution is 5.09. The van der Waals surface area contributed by atoms with E-state index >= 15 is 0 Å². The third kappa shape index (κ3) is 2.58. The molecule has 1 saturated heterocycles. The summed E-state index contributed by atoms with van der Waals surface area (Å²) < 4.78 is 37.7. The Morgan fingerprint density at radius 1 is 1.47 bits per heavy atom. The van der Waals surface area contributed by atoms with E-state index in [9.17, 15) is 18.3 Å². The molecular weight excluding hydrogens is 233 g/mol. The summed E-state index contributed by atoms with van der Waals surface area (Å²) in [6.45, 7) is 0.253. The van der Waals surface area contributed by atoms with E-state index in [1.54, 1.807) is 29.4 Å². The van der Waals surface area contributed by atoms with Gasteiger partial charge in [-0.1, -0.05) is 6.07 Å². The molecule has 0 unspecified atom stereocenters. The van der Waals surface area contributed by atoms with Crippen molar-refractivity contribution in [2.45, 2.75) is 24.7 Å². The largest absolute Gasteiger partial charge is 0.418 e. The predicted molar refractivity (Wildman–Crippen MR) is 55.1 cm³/mol. The van der Waals surface area contributed by atoms with Gasteiger partial charge in [0.15, 0.2) is 5.60 Å². The molecule has 1 aliphatic rings. The first kappa shape index (κ1) is 12.3. The Morgan fingerprint density at radius 2 is 2.24 bits per heavy atom. The molecule has 1 fully saturated rings. The molecule has 2 rings (SSSR count). The number of rotatable bonds is 2. The Hall–Kier alpha value is -1.14. The topological polar surface area (TPSA) is 36.4 Å². The van der Waals surface area contributed by atoms with E-state index in [-0.39, 0.29) is 19.5 Å². The van der Waals surface area contributed by atoms with E-state index in [4.69, 9.17) is 0 Å². The van der Waals surface area contributed by atoms with E-state index in [0.29, 0.717) is 6.54 Å². The first-order valence-electron chi connectivity index (χ1n) is 5.31. The van der Waals surface area contributed by atoms with Crippen LogP contribution < -0.4 is 0 Å². The molecule has 1 aliphatic heterocycles. The van der Waals surface area contributed by atoms with Crippen LogP contribution >= 0.6 is 0 Å². The highest BCUT2D eigenvalue weighted by Crippen LogP contribution is 2.37. The average Bonchev–Trinajstić information content (AvgIpc) is 2.62. The lowest BCUT2D eigenvalue weighted by Crippen LogP contribution is -2.47. The summed E-state index contributed by atoms with van der Waals surface area (Å²) in [6.07, 6.45) is -1.60. The van der Waals surface area contributed by atoms with Crippen LogP contribution in [0.2, 0.25) is 0 Å². The standard InChI is InChI=1S/C11H13F3N2O/c12-11(13,14)10(17)3-5-16(8-10)7-9-2-1-4-15-6-9/h1-2,4,6,17H,3,5,7-8H2/t10-/m0/s1. The van der Waals surface area contributed by atoms with Gasteiger partial charge in [-0.05, 0) is 18.1 Å². The summed E-state index contributed by atoms with van der Waals surface area (Å²) in [5, 5.41) is 9.49. The van der Waals surface area contributed by atoms with E-state index in [1.165, 1.54) is 0 Å². The number of aromatic nitrogens is 1. The van der Waals surface area contributed by atoms with E-state index in [0.717, 1.165) is 5.56 Å². The number of nitrogens with zero attached hydrogens (tertiary/aromatic N) is 2. The molecule has 94 valence electrons. The van der Waals surface area contributed by atoms with Gasteiger partial charge < -0.3 is 5.11 Å². The van der Waals surface area contributed by atoms with Gasteiger partial charge in [-0.15, -0.1) is 0 Å². The van der Waals surface area contributed by atoms with Crippen LogP contribution in [0.15, 0.2) is 24.5 Å². The minimum absolute atomic E-state index is 0.241. The van der Waals surface area contributed by atoms with Crippen LogP contribution in [0.4, 0.5) is 13.2 Å². The monoisotopic (exact) mass is 246 g/mol. The second kappa shape index (κ2) is 4.27. The summed E-state index contributed by atoms with van der Waals surface area (Å²) in [6, 6.07) is 3.54. The quantitative estimate of drug-likeness (QED) is 0.860. The Labute approximate surface area is 96.9 Å². The van der Waals surface area contributed by atoms with Gasteiger partial charge in [0.25, 0.3) is 0 Å². The number of halogens is 3. The smallest absolute Gasteiger partial charge is 0.379 e. The molecule has 0 aliphatic carbocycles. The van der Waals surface area contributed by atoms with Gasteiger partial charge in [0.1, 0.15) is 0 Å². The summed E-state index contributed by atoms with van der Waals surface area (Å²) in [5.41, 5.74) is -1.71. The highest BCUT2D eigenvalue weighted by Gasteiger charge is 2.56. The van der Waals surface area contributed by atoms with Crippen LogP contribution in [0, 0.1) is 0 Å². The van der Waals surface area contributed by atoms with Gasteiger partial charge in [0, 0.05) is 32.0 Å². The zero-order chi connectivity index (χ0) is 12.5. The molecule has 1 aromatic heterocycles. The Morgan fingerprint density at radius 3 is 2.76 bits per heavy atom. The van der Waals surface area contributed by atoms with Crippen LogP contribution in [0.3, 0.4) is 0 Å². The van der Waals surface area contributed by atoms with Crippen molar-refractivity contribution in [1.29, 1.82) is 0 Å². The third-order valence-corrected chi connectivity index (χ3v) is 2.98. The summed E-state index contributed by atoms with van der Waals surface area (Å²) in [7, 11) is 0. The maximum atomic E-state index is 12.6. The lowest BCUT2D eigenvalue weighted by atomic mass is 10.0. The van der Waals surface area contributed by atoms with Crippen molar-refractivity contribution < 1.29 is 18.3 Å². The minimum atomic E-state index is -4.56. The van der Waals surface area contributed by atoms with Crippen LogP contribution in [0.25, 0.3) is 0 Å². The molecule has 0 bridgehead atoms. The molecule has 0 radical (unpaired) electrons. The van der Waals surface area contributed by atoms with E-state index in [1.807, 2.05) is 0 Å². The molecule has 6 heteroatoms. The lowest BCUT2D eigenvalue weighted by molar-refractivity contribution is -0.254. The number of pyridine rings is 1. The molecule has 3 nitrogen and oxygen atoms in total. The summed E-state index contributed by atoms with van der Waals surface area (Å²) in [4.78, 5) is 5.49. The van der Waals surface area contributed by atoms with E-state index < -0.39 is 11.8 Å².